The van der Waals surface area contributed by atoms with Gasteiger partial charge in [0, 0.05) is 56.4 Å². The summed E-state index contributed by atoms with van der Waals surface area (Å²) in [5.74, 6) is 0.521. The van der Waals surface area contributed by atoms with E-state index in [2.05, 4.69) is 32.2 Å². The molecule has 2 N–H and O–H groups in total. The van der Waals surface area contributed by atoms with Crippen molar-refractivity contribution in [2.45, 2.75) is 39.3 Å². The molecule has 7 heteroatoms. The minimum atomic E-state index is -0.118. The fraction of sp³-hybridized carbons (Fsp3) is 0.562. The molecule has 3 rings (SSSR count). The maximum Gasteiger partial charge on any atom is 0.290 e. The average molecular weight is 316 g/mol. The van der Waals surface area contributed by atoms with Crippen molar-refractivity contribution in [3.05, 3.63) is 39.7 Å². The molecule has 0 spiro atoms. The monoisotopic (exact) mass is 316 g/mol. The molecule has 0 amide bonds. The molecule has 0 unspecified atom stereocenters. The lowest BCUT2D eigenvalue weighted by Crippen LogP contribution is -2.47. The predicted octanol–water partition coefficient (Wildman–Crippen LogP) is 0.879. The molecule has 0 aliphatic carbocycles. The summed E-state index contributed by atoms with van der Waals surface area (Å²) < 4.78 is 1.92. The molecule has 0 radical (unpaired) electrons. The highest BCUT2D eigenvalue weighted by atomic mass is 16.1. The highest BCUT2D eigenvalue weighted by Crippen LogP contribution is 2.16. The molecule has 0 saturated carbocycles. The van der Waals surface area contributed by atoms with Crippen LogP contribution in [0.3, 0.4) is 0 Å². The van der Waals surface area contributed by atoms with E-state index in [0.717, 1.165) is 38.2 Å². The SMILES string of the molecule is Cc1nn(C)c(C)c1CN[C@@H]1CCCN(c2ncc[nH]c2=O)C1. The minimum Gasteiger partial charge on any atom is -0.350 e. The van der Waals surface area contributed by atoms with Crippen molar-refractivity contribution in [2.24, 2.45) is 7.05 Å². The topological polar surface area (TPSA) is 78.8 Å². The number of aryl methyl sites for hydroxylation is 2. The Balaban J connectivity index is 1.65. The van der Waals surface area contributed by atoms with Gasteiger partial charge >= 0.3 is 0 Å². The number of H-pyrrole nitrogens is 1. The van der Waals surface area contributed by atoms with Gasteiger partial charge in [0.2, 0.25) is 0 Å². The summed E-state index contributed by atoms with van der Waals surface area (Å²) in [6.07, 6.45) is 5.37. The van der Waals surface area contributed by atoms with Crippen LogP contribution in [0.1, 0.15) is 29.8 Å². The molecule has 0 bridgehead atoms. The third-order valence-corrected chi connectivity index (χ3v) is 4.64. The van der Waals surface area contributed by atoms with Crippen LogP contribution < -0.4 is 15.8 Å². The lowest BCUT2D eigenvalue weighted by atomic mass is 10.0. The van der Waals surface area contributed by atoms with E-state index in [-0.39, 0.29) is 5.56 Å². The van der Waals surface area contributed by atoms with Crippen LogP contribution in [-0.2, 0) is 13.6 Å². The van der Waals surface area contributed by atoms with Crippen LogP contribution in [-0.4, -0.2) is 38.9 Å². The Morgan fingerprint density at radius 1 is 1.43 bits per heavy atom. The minimum absolute atomic E-state index is 0.118. The number of aromatic nitrogens is 4. The Labute approximate surface area is 135 Å². The molecule has 1 aliphatic rings. The summed E-state index contributed by atoms with van der Waals surface area (Å²) in [4.78, 5) is 20.9. The Hall–Kier alpha value is -2.15. The molecule has 1 saturated heterocycles. The van der Waals surface area contributed by atoms with Crippen molar-refractivity contribution >= 4 is 5.82 Å². The van der Waals surface area contributed by atoms with Crippen molar-refractivity contribution < 1.29 is 0 Å². The van der Waals surface area contributed by atoms with Crippen molar-refractivity contribution in [1.82, 2.24) is 25.1 Å². The number of hydrogen-bond acceptors (Lipinski definition) is 5. The van der Waals surface area contributed by atoms with Crippen LogP contribution in [0.25, 0.3) is 0 Å². The van der Waals surface area contributed by atoms with Gasteiger partial charge < -0.3 is 15.2 Å². The molecule has 1 fully saturated rings. The van der Waals surface area contributed by atoms with Gasteiger partial charge in [0.25, 0.3) is 5.56 Å². The van der Waals surface area contributed by atoms with Crippen LogP contribution in [0, 0.1) is 13.8 Å². The zero-order valence-electron chi connectivity index (χ0n) is 14.0. The molecule has 23 heavy (non-hydrogen) atoms. The van der Waals surface area contributed by atoms with Crippen LogP contribution in [0.5, 0.6) is 0 Å². The van der Waals surface area contributed by atoms with Gasteiger partial charge in [-0.05, 0) is 26.7 Å². The van der Waals surface area contributed by atoms with E-state index in [9.17, 15) is 4.79 Å². The van der Waals surface area contributed by atoms with Crippen LogP contribution in [0.4, 0.5) is 5.82 Å². The fourth-order valence-corrected chi connectivity index (χ4v) is 3.23. The van der Waals surface area contributed by atoms with Crippen LogP contribution >= 0.6 is 0 Å². The van der Waals surface area contributed by atoms with Crippen molar-refractivity contribution in [2.75, 3.05) is 18.0 Å². The first kappa shape index (κ1) is 15.7. The van der Waals surface area contributed by atoms with Crippen molar-refractivity contribution in [3.8, 4) is 0 Å². The van der Waals surface area contributed by atoms with E-state index in [1.807, 2.05) is 18.7 Å². The summed E-state index contributed by atoms with van der Waals surface area (Å²) in [7, 11) is 1.97. The second kappa shape index (κ2) is 6.54. The molecule has 124 valence electrons. The quantitative estimate of drug-likeness (QED) is 0.875. The maximum absolute atomic E-state index is 11.9. The number of rotatable bonds is 4. The lowest BCUT2D eigenvalue weighted by Gasteiger charge is -2.33. The number of nitrogens with one attached hydrogen (secondary N) is 2. The van der Waals surface area contributed by atoms with Gasteiger partial charge in [-0.3, -0.25) is 9.48 Å². The highest BCUT2D eigenvalue weighted by molar-refractivity contribution is 5.36. The number of anilines is 1. The third kappa shape index (κ3) is 3.29. The number of piperidine rings is 1. The van der Waals surface area contributed by atoms with Crippen LogP contribution in [0.2, 0.25) is 0 Å². The first-order valence-corrected chi connectivity index (χ1v) is 8.07. The predicted molar refractivity (Wildman–Crippen MR) is 89.6 cm³/mol. The van der Waals surface area contributed by atoms with E-state index < -0.39 is 0 Å². The van der Waals surface area contributed by atoms with Gasteiger partial charge in [0.15, 0.2) is 5.82 Å². The van der Waals surface area contributed by atoms with Gasteiger partial charge in [-0.25, -0.2) is 4.98 Å². The molecule has 2 aromatic heterocycles. The molecule has 0 aromatic carbocycles. The smallest absolute Gasteiger partial charge is 0.290 e. The van der Waals surface area contributed by atoms with Gasteiger partial charge in [0.05, 0.1) is 5.69 Å². The number of aromatic amines is 1. The van der Waals surface area contributed by atoms with Gasteiger partial charge in [-0.1, -0.05) is 0 Å². The summed E-state index contributed by atoms with van der Waals surface area (Å²) >= 11 is 0. The molecular formula is C16H24N6O. The third-order valence-electron chi connectivity index (χ3n) is 4.64. The maximum atomic E-state index is 11.9. The van der Waals surface area contributed by atoms with Gasteiger partial charge in [-0.2, -0.15) is 5.10 Å². The molecule has 3 heterocycles. The fourth-order valence-electron chi connectivity index (χ4n) is 3.23. The first-order chi connectivity index (χ1) is 11.1. The largest absolute Gasteiger partial charge is 0.350 e. The molecular weight excluding hydrogens is 292 g/mol. The van der Waals surface area contributed by atoms with E-state index >= 15 is 0 Å². The Kier molecular flexibility index (Phi) is 4.47. The standard InChI is InChI=1S/C16H24N6O/c1-11-14(12(2)21(3)20-11)9-19-13-5-4-8-22(10-13)15-16(23)18-7-6-17-15/h6-7,13,19H,4-5,8-10H2,1-3H3,(H,18,23)/t13-/m1/s1. The van der Waals surface area contributed by atoms with Crippen LogP contribution in [0.15, 0.2) is 17.2 Å². The van der Waals surface area contributed by atoms with Gasteiger partial charge in [0.1, 0.15) is 0 Å². The number of nitrogens with zero attached hydrogens (tertiary/aromatic N) is 4. The number of hydrogen-bond donors (Lipinski definition) is 2. The molecule has 1 atom stereocenters. The molecule has 1 aliphatic heterocycles. The Bertz CT molecular complexity index is 734. The lowest BCUT2D eigenvalue weighted by molar-refractivity contribution is 0.418. The van der Waals surface area contributed by atoms with E-state index in [1.165, 1.54) is 11.3 Å². The zero-order chi connectivity index (χ0) is 16.4. The van der Waals surface area contributed by atoms with E-state index in [0.29, 0.717) is 11.9 Å². The normalized spacial score (nSPS) is 18.4. The summed E-state index contributed by atoms with van der Waals surface area (Å²) in [6, 6.07) is 0.351. The molecule has 2 aromatic rings. The second-order valence-electron chi connectivity index (χ2n) is 6.18. The van der Waals surface area contributed by atoms with Gasteiger partial charge in [-0.15, -0.1) is 0 Å². The zero-order valence-corrected chi connectivity index (χ0v) is 14.0. The summed E-state index contributed by atoms with van der Waals surface area (Å²) in [5.41, 5.74) is 3.42. The van der Waals surface area contributed by atoms with Crippen molar-refractivity contribution in [3.63, 3.8) is 0 Å². The summed E-state index contributed by atoms with van der Waals surface area (Å²) in [6.45, 7) is 6.63. The highest BCUT2D eigenvalue weighted by Gasteiger charge is 2.22. The molecule has 7 nitrogen and oxygen atoms in total. The Morgan fingerprint density at radius 3 is 2.96 bits per heavy atom. The average Bonchev–Trinajstić information content (AvgIpc) is 2.79. The van der Waals surface area contributed by atoms with E-state index in [1.54, 1.807) is 12.4 Å². The first-order valence-electron chi connectivity index (χ1n) is 8.07. The second-order valence-corrected chi connectivity index (χ2v) is 6.18. The Morgan fingerprint density at radius 2 is 2.26 bits per heavy atom. The van der Waals surface area contributed by atoms with E-state index in [4.69, 9.17) is 0 Å². The summed E-state index contributed by atoms with van der Waals surface area (Å²) in [5, 5.41) is 8.08. The van der Waals surface area contributed by atoms with Crippen molar-refractivity contribution in [1.29, 1.82) is 0 Å².